The van der Waals surface area contributed by atoms with Crippen LogP contribution in [-0.2, 0) is 26.9 Å². The Morgan fingerprint density at radius 2 is 1.88 bits per heavy atom. The van der Waals surface area contributed by atoms with Gasteiger partial charge in [0.15, 0.2) is 12.4 Å². The lowest BCUT2D eigenvalue weighted by Crippen LogP contribution is -2.22. The van der Waals surface area contributed by atoms with E-state index in [4.69, 9.17) is 32.5 Å². The molecule has 0 bridgehead atoms. The zero-order valence-corrected chi connectivity index (χ0v) is 17.5. The van der Waals surface area contributed by atoms with Gasteiger partial charge in [0.05, 0.1) is 17.0 Å². The monoisotopic (exact) mass is 488 g/mol. The predicted octanol–water partition coefficient (Wildman–Crippen LogP) is 4.57. The molecule has 32 heavy (non-hydrogen) atoms. The minimum atomic E-state index is -4.62. The van der Waals surface area contributed by atoms with Crippen LogP contribution in [0.1, 0.15) is 17.9 Å². The number of ether oxygens (including phenoxy) is 1. The molecule has 0 unspecified atom stereocenters. The van der Waals surface area contributed by atoms with E-state index in [0.29, 0.717) is 28.7 Å². The van der Waals surface area contributed by atoms with Crippen molar-refractivity contribution in [3.8, 4) is 11.4 Å². The molecule has 1 amide bonds. The number of nitrogens with one attached hydrogen (secondary N) is 1. The van der Waals surface area contributed by atoms with E-state index in [1.807, 2.05) is 0 Å². The number of aryl methyl sites for hydroxylation is 1. The van der Waals surface area contributed by atoms with Gasteiger partial charge in [-0.25, -0.2) is 4.98 Å². The number of pyridine rings is 1. The third-order valence-electron chi connectivity index (χ3n) is 3.90. The Bertz CT molecular complexity index is 1120. The number of benzene rings is 1. The maximum absolute atomic E-state index is 12.6. The van der Waals surface area contributed by atoms with Crippen LogP contribution in [0.4, 0.5) is 19.0 Å². The minimum absolute atomic E-state index is 0.0767. The van der Waals surface area contributed by atoms with Crippen LogP contribution < -0.4 is 5.32 Å². The molecule has 0 aliphatic heterocycles. The molecule has 0 saturated carbocycles. The molecule has 0 fully saturated rings. The molecule has 8 nitrogen and oxygen atoms in total. The fourth-order valence-corrected chi connectivity index (χ4v) is 2.69. The number of rotatable bonds is 7. The highest BCUT2D eigenvalue weighted by Crippen LogP contribution is 2.32. The molecule has 1 N–H and O–H groups in total. The van der Waals surface area contributed by atoms with Crippen molar-refractivity contribution < 1.29 is 32.0 Å². The van der Waals surface area contributed by atoms with Gasteiger partial charge in [0.1, 0.15) is 0 Å². The Hall–Kier alpha value is -3.18. The third kappa shape index (κ3) is 6.41. The maximum atomic E-state index is 12.6. The number of hydrogen-bond acceptors (Lipinski definition) is 7. The summed E-state index contributed by atoms with van der Waals surface area (Å²) in [6.07, 6.45) is -4.17. The quantitative estimate of drug-likeness (QED) is 0.485. The second kappa shape index (κ2) is 9.96. The summed E-state index contributed by atoms with van der Waals surface area (Å²) >= 11 is 11.5. The first-order valence-electron chi connectivity index (χ1n) is 8.88. The maximum Gasteiger partial charge on any atom is 0.417 e. The lowest BCUT2D eigenvalue weighted by atomic mass is 10.2. The average molecular weight is 489 g/mol. The summed E-state index contributed by atoms with van der Waals surface area (Å²) in [5.41, 5.74) is -0.383. The number of anilines is 1. The number of alkyl halides is 3. The number of carbonyl (C=O) groups excluding carboxylic acids is 2. The average Bonchev–Trinajstić information content (AvgIpc) is 3.21. The summed E-state index contributed by atoms with van der Waals surface area (Å²) in [7, 11) is 0. The van der Waals surface area contributed by atoms with Crippen LogP contribution in [0.15, 0.2) is 41.1 Å². The van der Waals surface area contributed by atoms with Crippen molar-refractivity contribution in [3.05, 3.63) is 58.0 Å². The fraction of sp³-hybridized carbons (Fsp3) is 0.211. The zero-order valence-electron chi connectivity index (χ0n) is 15.9. The van der Waals surface area contributed by atoms with Crippen LogP contribution in [0, 0.1) is 0 Å². The lowest BCUT2D eigenvalue weighted by molar-refractivity contribution is -0.147. The van der Waals surface area contributed by atoms with Gasteiger partial charge in [-0.1, -0.05) is 28.4 Å². The second-order valence-corrected chi connectivity index (χ2v) is 7.12. The predicted molar refractivity (Wildman–Crippen MR) is 107 cm³/mol. The molecule has 0 aliphatic rings. The third-order valence-corrected chi connectivity index (χ3v) is 4.44. The first kappa shape index (κ1) is 23.5. The van der Waals surface area contributed by atoms with E-state index in [0.717, 1.165) is 0 Å². The van der Waals surface area contributed by atoms with Crippen molar-refractivity contribution in [2.24, 2.45) is 0 Å². The molecule has 2 aromatic heterocycles. The molecule has 13 heteroatoms. The van der Waals surface area contributed by atoms with Gasteiger partial charge in [0, 0.05) is 23.2 Å². The van der Waals surface area contributed by atoms with Gasteiger partial charge in [-0.2, -0.15) is 18.2 Å². The molecular weight excluding hydrogens is 476 g/mol. The normalized spacial score (nSPS) is 11.3. The van der Waals surface area contributed by atoms with Crippen LogP contribution in [0.5, 0.6) is 0 Å². The van der Waals surface area contributed by atoms with E-state index in [1.165, 1.54) is 0 Å². The van der Waals surface area contributed by atoms with Gasteiger partial charge in [0.2, 0.25) is 11.7 Å². The summed E-state index contributed by atoms with van der Waals surface area (Å²) < 4.78 is 47.7. The molecule has 0 aliphatic carbocycles. The zero-order chi connectivity index (χ0) is 23.3. The molecular formula is C19H13Cl2F3N4O4. The Labute approximate surface area is 188 Å². The van der Waals surface area contributed by atoms with Crippen LogP contribution in [0.3, 0.4) is 0 Å². The van der Waals surface area contributed by atoms with Crippen molar-refractivity contribution in [1.29, 1.82) is 0 Å². The molecule has 1 aromatic carbocycles. The highest BCUT2D eigenvalue weighted by Gasteiger charge is 2.31. The van der Waals surface area contributed by atoms with Gasteiger partial charge in [-0.15, -0.1) is 0 Å². The summed E-state index contributed by atoms with van der Waals surface area (Å²) in [4.78, 5) is 31.3. The largest absolute Gasteiger partial charge is 0.456 e. The van der Waals surface area contributed by atoms with Crippen LogP contribution >= 0.6 is 23.2 Å². The molecule has 0 radical (unpaired) electrons. The molecule has 2 heterocycles. The van der Waals surface area contributed by atoms with Crippen molar-refractivity contribution in [3.63, 3.8) is 0 Å². The van der Waals surface area contributed by atoms with Crippen LogP contribution in [0.2, 0.25) is 10.0 Å². The van der Waals surface area contributed by atoms with Gasteiger partial charge >= 0.3 is 12.1 Å². The van der Waals surface area contributed by atoms with E-state index in [9.17, 15) is 22.8 Å². The van der Waals surface area contributed by atoms with Crippen molar-refractivity contribution in [2.45, 2.75) is 19.0 Å². The number of amides is 1. The first-order chi connectivity index (χ1) is 15.1. The van der Waals surface area contributed by atoms with Crippen molar-refractivity contribution in [1.82, 2.24) is 15.1 Å². The smallest absolute Gasteiger partial charge is 0.417 e. The topological polar surface area (TPSA) is 107 Å². The molecule has 0 saturated heterocycles. The molecule has 168 valence electrons. The Kier molecular flexibility index (Phi) is 7.31. The number of halogens is 5. The molecule has 0 spiro atoms. The van der Waals surface area contributed by atoms with Crippen LogP contribution in [0.25, 0.3) is 11.4 Å². The molecule has 3 rings (SSSR count). The summed E-state index contributed by atoms with van der Waals surface area (Å²) in [5.74, 6) is -1.32. The Morgan fingerprint density at radius 3 is 2.53 bits per heavy atom. The van der Waals surface area contributed by atoms with Gasteiger partial charge in [-0.05, 0) is 30.3 Å². The number of aromatic nitrogens is 3. The lowest BCUT2D eigenvalue weighted by Gasteiger charge is -2.10. The van der Waals surface area contributed by atoms with E-state index in [1.54, 1.807) is 24.3 Å². The Balaban J connectivity index is 1.45. The second-order valence-electron chi connectivity index (χ2n) is 6.28. The SMILES string of the molecule is O=C(COC(=O)CCc1nc(-c2ccc(Cl)cc2)no1)Nc1ncc(C(F)(F)F)cc1Cl. The number of esters is 1. The Morgan fingerprint density at radius 1 is 1.16 bits per heavy atom. The van der Waals surface area contributed by atoms with Crippen molar-refractivity contribution in [2.75, 3.05) is 11.9 Å². The van der Waals surface area contributed by atoms with Gasteiger partial charge in [-0.3, -0.25) is 9.59 Å². The number of hydrogen-bond donors (Lipinski definition) is 1. The summed E-state index contributed by atoms with van der Waals surface area (Å²) in [5, 5.41) is 6.12. The van der Waals surface area contributed by atoms with E-state index >= 15 is 0 Å². The van der Waals surface area contributed by atoms with E-state index < -0.39 is 35.2 Å². The van der Waals surface area contributed by atoms with Gasteiger partial charge < -0.3 is 14.6 Å². The highest BCUT2D eigenvalue weighted by atomic mass is 35.5. The summed E-state index contributed by atoms with van der Waals surface area (Å²) in [6.45, 7) is -0.683. The van der Waals surface area contributed by atoms with Gasteiger partial charge in [0.25, 0.3) is 5.91 Å². The standard InChI is InChI=1S/C19H13Cl2F3N4O4/c20-12-3-1-10(2-4-12)17-27-15(32-28-17)5-6-16(30)31-9-14(29)26-18-13(21)7-11(8-25-18)19(22,23)24/h1-4,7-8H,5-6,9H2,(H,25,26,29). The minimum Gasteiger partial charge on any atom is -0.456 e. The molecule has 3 aromatic rings. The van der Waals surface area contributed by atoms with Crippen molar-refractivity contribution >= 4 is 40.9 Å². The first-order valence-corrected chi connectivity index (χ1v) is 9.64. The highest BCUT2D eigenvalue weighted by molar-refractivity contribution is 6.33. The van der Waals surface area contributed by atoms with E-state index in [2.05, 4.69) is 20.4 Å². The van der Waals surface area contributed by atoms with Crippen LogP contribution in [-0.4, -0.2) is 33.6 Å². The number of nitrogens with zero attached hydrogens (tertiary/aromatic N) is 3. The van der Waals surface area contributed by atoms with E-state index in [-0.39, 0.29) is 24.6 Å². The fourth-order valence-electron chi connectivity index (χ4n) is 2.35. The summed E-state index contributed by atoms with van der Waals surface area (Å²) in [6, 6.07) is 7.38. The number of carbonyl (C=O) groups is 2. The molecule has 0 atom stereocenters.